The lowest BCUT2D eigenvalue weighted by atomic mass is 9.97. The Hall–Kier alpha value is -1.53. The molecule has 86 valence electrons. The Morgan fingerprint density at radius 1 is 1.44 bits per heavy atom. The molecule has 3 heteroatoms. The summed E-state index contributed by atoms with van der Waals surface area (Å²) < 4.78 is 5.30. The van der Waals surface area contributed by atoms with Crippen LogP contribution in [0.5, 0.6) is 5.75 Å². The maximum atomic E-state index is 8.68. The van der Waals surface area contributed by atoms with Crippen molar-refractivity contribution in [2.45, 2.75) is 32.2 Å². The average molecular weight is 218 g/mol. The molecule has 0 heterocycles. The zero-order chi connectivity index (χ0) is 12.1. The number of nitriles is 1. The van der Waals surface area contributed by atoms with Crippen LogP contribution in [0.15, 0.2) is 18.2 Å². The Bertz CT molecular complexity index is 393. The number of rotatable bonds is 4. The summed E-state index contributed by atoms with van der Waals surface area (Å²) >= 11 is 0. The van der Waals surface area contributed by atoms with Crippen LogP contribution in [0.4, 0.5) is 0 Å². The third-order valence-corrected chi connectivity index (χ3v) is 2.54. The van der Waals surface area contributed by atoms with Crippen molar-refractivity contribution >= 4 is 0 Å². The third-order valence-electron chi connectivity index (χ3n) is 2.54. The van der Waals surface area contributed by atoms with E-state index in [1.165, 1.54) is 0 Å². The van der Waals surface area contributed by atoms with E-state index >= 15 is 0 Å². The van der Waals surface area contributed by atoms with Crippen LogP contribution in [-0.4, -0.2) is 13.2 Å². The topological polar surface area (TPSA) is 59.0 Å². The lowest BCUT2D eigenvalue weighted by Gasteiger charge is -2.14. The zero-order valence-electron chi connectivity index (χ0n) is 10.0. The zero-order valence-corrected chi connectivity index (χ0v) is 10.0. The Morgan fingerprint density at radius 3 is 2.62 bits per heavy atom. The highest BCUT2D eigenvalue weighted by Gasteiger charge is 2.09. The molecule has 0 aliphatic rings. The summed E-state index contributed by atoms with van der Waals surface area (Å²) in [7, 11) is 1.67. The number of benzene rings is 1. The standard InChI is InChI=1S/C13H18N2O/c1-9(2)12-7-10(6-11(15)8-14)4-5-13(12)16-3/h4-5,7,9,11H,6,15H2,1-3H3. The van der Waals surface area contributed by atoms with E-state index in [9.17, 15) is 0 Å². The van der Waals surface area contributed by atoms with Crippen molar-refractivity contribution in [2.75, 3.05) is 7.11 Å². The van der Waals surface area contributed by atoms with Crippen LogP contribution in [-0.2, 0) is 6.42 Å². The van der Waals surface area contributed by atoms with Gasteiger partial charge in [-0.25, -0.2) is 0 Å². The molecule has 1 atom stereocenters. The Labute approximate surface area is 96.8 Å². The number of hydrogen-bond acceptors (Lipinski definition) is 3. The molecule has 2 N–H and O–H groups in total. The molecule has 0 aromatic heterocycles. The molecule has 1 aromatic rings. The van der Waals surface area contributed by atoms with Crippen molar-refractivity contribution in [3.8, 4) is 11.8 Å². The molecule has 0 saturated heterocycles. The average Bonchev–Trinajstić information content (AvgIpc) is 2.28. The van der Waals surface area contributed by atoms with Gasteiger partial charge in [-0.1, -0.05) is 26.0 Å². The second-order valence-corrected chi connectivity index (χ2v) is 4.17. The van der Waals surface area contributed by atoms with Gasteiger partial charge < -0.3 is 10.5 Å². The molecule has 0 amide bonds. The molecule has 0 aliphatic heterocycles. The molecular weight excluding hydrogens is 200 g/mol. The molecule has 0 radical (unpaired) electrons. The van der Waals surface area contributed by atoms with Gasteiger partial charge in [0.25, 0.3) is 0 Å². The number of nitrogens with zero attached hydrogens (tertiary/aromatic N) is 1. The summed E-state index contributed by atoms with van der Waals surface area (Å²) in [6.07, 6.45) is 0.584. The monoisotopic (exact) mass is 218 g/mol. The summed E-state index contributed by atoms with van der Waals surface area (Å²) in [6, 6.07) is 7.57. The van der Waals surface area contributed by atoms with Gasteiger partial charge in [-0.2, -0.15) is 5.26 Å². The number of ether oxygens (including phenoxy) is 1. The minimum Gasteiger partial charge on any atom is -0.496 e. The van der Waals surface area contributed by atoms with Gasteiger partial charge >= 0.3 is 0 Å². The largest absolute Gasteiger partial charge is 0.496 e. The predicted molar refractivity (Wildman–Crippen MR) is 64.4 cm³/mol. The fraction of sp³-hybridized carbons (Fsp3) is 0.462. The van der Waals surface area contributed by atoms with Crippen molar-refractivity contribution < 1.29 is 4.74 Å². The van der Waals surface area contributed by atoms with Gasteiger partial charge in [-0.3, -0.25) is 0 Å². The van der Waals surface area contributed by atoms with Gasteiger partial charge in [0.05, 0.1) is 19.2 Å². The van der Waals surface area contributed by atoms with E-state index in [4.69, 9.17) is 15.7 Å². The molecule has 0 spiro atoms. The molecule has 1 unspecified atom stereocenters. The molecular formula is C13H18N2O. The molecule has 0 saturated carbocycles. The first kappa shape index (κ1) is 12.5. The van der Waals surface area contributed by atoms with Crippen LogP contribution < -0.4 is 10.5 Å². The SMILES string of the molecule is COc1ccc(CC(N)C#N)cc1C(C)C. The summed E-state index contributed by atoms with van der Waals surface area (Å²) in [5.74, 6) is 1.29. The molecule has 0 fully saturated rings. The summed E-state index contributed by atoms with van der Waals surface area (Å²) in [5, 5.41) is 8.68. The summed E-state index contributed by atoms with van der Waals surface area (Å²) in [4.78, 5) is 0. The fourth-order valence-electron chi connectivity index (χ4n) is 1.66. The molecule has 1 rings (SSSR count). The van der Waals surface area contributed by atoms with Crippen molar-refractivity contribution in [3.05, 3.63) is 29.3 Å². The second kappa shape index (κ2) is 5.53. The lowest BCUT2D eigenvalue weighted by molar-refractivity contribution is 0.407. The highest BCUT2D eigenvalue weighted by atomic mass is 16.5. The van der Waals surface area contributed by atoms with E-state index in [0.717, 1.165) is 16.9 Å². The minimum atomic E-state index is -0.437. The van der Waals surface area contributed by atoms with Crippen LogP contribution in [0.25, 0.3) is 0 Å². The first-order valence-electron chi connectivity index (χ1n) is 5.40. The van der Waals surface area contributed by atoms with Gasteiger partial charge in [-0.15, -0.1) is 0 Å². The number of nitrogens with two attached hydrogens (primary N) is 1. The minimum absolute atomic E-state index is 0.396. The van der Waals surface area contributed by atoms with Crippen LogP contribution in [0.1, 0.15) is 30.9 Å². The maximum absolute atomic E-state index is 8.68. The van der Waals surface area contributed by atoms with Crippen molar-refractivity contribution in [2.24, 2.45) is 5.73 Å². The Kier molecular flexibility index (Phi) is 4.33. The smallest absolute Gasteiger partial charge is 0.122 e. The Morgan fingerprint density at radius 2 is 2.12 bits per heavy atom. The van der Waals surface area contributed by atoms with Crippen LogP contribution >= 0.6 is 0 Å². The highest BCUT2D eigenvalue weighted by Crippen LogP contribution is 2.27. The van der Waals surface area contributed by atoms with E-state index in [1.54, 1.807) is 7.11 Å². The van der Waals surface area contributed by atoms with Crippen molar-refractivity contribution in [3.63, 3.8) is 0 Å². The number of hydrogen-bond donors (Lipinski definition) is 1. The molecule has 0 bridgehead atoms. The first-order chi connectivity index (χ1) is 7.58. The summed E-state index contributed by atoms with van der Waals surface area (Å²) in [5.41, 5.74) is 7.85. The molecule has 0 aliphatic carbocycles. The second-order valence-electron chi connectivity index (χ2n) is 4.17. The Balaban J connectivity index is 2.98. The predicted octanol–water partition coefficient (Wildman–Crippen LogP) is 2.21. The third kappa shape index (κ3) is 2.98. The van der Waals surface area contributed by atoms with Crippen LogP contribution in [0.2, 0.25) is 0 Å². The van der Waals surface area contributed by atoms with E-state index in [1.807, 2.05) is 18.2 Å². The van der Waals surface area contributed by atoms with Gasteiger partial charge in [0.2, 0.25) is 0 Å². The number of methoxy groups -OCH3 is 1. The molecule has 1 aromatic carbocycles. The van der Waals surface area contributed by atoms with E-state index in [2.05, 4.69) is 19.9 Å². The van der Waals surface area contributed by atoms with E-state index in [0.29, 0.717) is 12.3 Å². The van der Waals surface area contributed by atoms with Gasteiger partial charge in [-0.05, 0) is 23.1 Å². The van der Waals surface area contributed by atoms with Gasteiger partial charge in [0.15, 0.2) is 0 Å². The van der Waals surface area contributed by atoms with E-state index < -0.39 is 6.04 Å². The van der Waals surface area contributed by atoms with Crippen LogP contribution in [0, 0.1) is 11.3 Å². The van der Waals surface area contributed by atoms with Gasteiger partial charge in [0, 0.05) is 6.42 Å². The van der Waals surface area contributed by atoms with Gasteiger partial charge in [0.1, 0.15) is 5.75 Å². The first-order valence-corrected chi connectivity index (χ1v) is 5.40. The quantitative estimate of drug-likeness (QED) is 0.842. The van der Waals surface area contributed by atoms with E-state index in [-0.39, 0.29) is 0 Å². The fourth-order valence-corrected chi connectivity index (χ4v) is 1.66. The lowest BCUT2D eigenvalue weighted by Crippen LogP contribution is -2.20. The molecule has 3 nitrogen and oxygen atoms in total. The maximum Gasteiger partial charge on any atom is 0.122 e. The van der Waals surface area contributed by atoms with Crippen LogP contribution in [0.3, 0.4) is 0 Å². The van der Waals surface area contributed by atoms with Crippen molar-refractivity contribution in [1.29, 1.82) is 5.26 Å². The highest BCUT2D eigenvalue weighted by molar-refractivity contribution is 5.39. The normalized spacial score (nSPS) is 12.2. The summed E-state index contributed by atoms with van der Waals surface area (Å²) in [6.45, 7) is 4.23. The molecule has 16 heavy (non-hydrogen) atoms. The van der Waals surface area contributed by atoms with Crippen molar-refractivity contribution in [1.82, 2.24) is 0 Å².